The van der Waals surface area contributed by atoms with E-state index in [-0.39, 0.29) is 5.52 Å². The number of aromatic amines is 2. The highest BCUT2D eigenvalue weighted by Gasteiger charge is 2.18. The van der Waals surface area contributed by atoms with Crippen LogP contribution in [0, 0.1) is 12.7 Å². The molecule has 5 heterocycles. The Labute approximate surface area is 211 Å². The molecule has 0 radical (unpaired) electrons. The fourth-order valence-corrected chi connectivity index (χ4v) is 4.44. The van der Waals surface area contributed by atoms with E-state index in [1.807, 2.05) is 35.9 Å². The molecule has 0 aliphatic carbocycles. The van der Waals surface area contributed by atoms with Gasteiger partial charge < -0.3 is 14.9 Å². The second-order valence-electron chi connectivity index (χ2n) is 8.93. The van der Waals surface area contributed by atoms with E-state index in [9.17, 15) is 0 Å². The highest BCUT2D eigenvalue weighted by molar-refractivity contribution is 5.96. The summed E-state index contributed by atoms with van der Waals surface area (Å²) < 4.78 is 17.1. The van der Waals surface area contributed by atoms with Gasteiger partial charge in [-0.3, -0.25) is 10.1 Å². The summed E-state index contributed by atoms with van der Waals surface area (Å²) in [5.74, 6) is 0.0721. The monoisotopic (exact) mass is 493 g/mol. The normalized spacial score (nSPS) is 11.4. The van der Waals surface area contributed by atoms with Crippen molar-refractivity contribution in [2.24, 2.45) is 0 Å². The number of imidazole rings is 2. The zero-order chi connectivity index (χ0) is 25.5. The highest BCUT2D eigenvalue weighted by Crippen LogP contribution is 2.33. The molecular weight excluding hydrogens is 469 g/mol. The third-order valence-corrected chi connectivity index (χ3v) is 6.15. The fraction of sp³-hybridized carbons (Fsp3) is 0.148. The first-order valence-corrected chi connectivity index (χ1v) is 11.9. The molecule has 37 heavy (non-hydrogen) atoms. The number of aromatic nitrogens is 8. The van der Waals surface area contributed by atoms with E-state index >= 15 is 4.39 Å². The Morgan fingerprint density at radius 2 is 2.05 bits per heavy atom. The maximum atomic E-state index is 15.2. The maximum Gasteiger partial charge on any atom is 0.180 e. The van der Waals surface area contributed by atoms with Crippen molar-refractivity contribution in [3.8, 4) is 28.3 Å². The van der Waals surface area contributed by atoms with Gasteiger partial charge >= 0.3 is 0 Å². The van der Waals surface area contributed by atoms with Crippen LogP contribution in [0.4, 0.5) is 10.1 Å². The molecule has 6 aromatic rings. The Hall–Kier alpha value is -4.86. The van der Waals surface area contributed by atoms with E-state index < -0.39 is 5.82 Å². The lowest BCUT2D eigenvalue weighted by molar-refractivity contribution is 0.636. The van der Waals surface area contributed by atoms with Crippen molar-refractivity contribution in [1.29, 1.82) is 0 Å². The minimum Gasteiger partial charge on any atom is -0.358 e. The number of aryl methyl sites for hydroxylation is 1. The van der Waals surface area contributed by atoms with Gasteiger partial charge in [-0.05, 0) is 43.2 Å². The van der Waals surface area contributed by atoms with Crippen LogP contribution in [0.1, 0.15) is 25.5 Å². The standard InChI is InChI=1S/C27H24FN9/c1-4-5-15(2)32-19-8-18(11-29-12-19)17-9-20-23(21(28)10-17)35-36-24(20)27-33-25-22(6-7-30-26(25)34-27)37-13-16(3)31-14-37/h6-14,32H,2,4-5H2,1,3H3,(H,35,36)(H,30,33,34). The van der Waals surface area contributed by atoms with E-state index in [0.717, 1.165) is 46.7 Å². The lowest BCUT2D eigenvalue weighted by Gasteiger charge is -2.10. The predicted molar refractivity (Wildman–Crippen MR) is 142 cm³/mol. The van der Waals surface area contributed by atoms with Crippen LogP contribution in [0.3, 0.4) is 0 Å². The summed E-state index contributed by atoms with van der Waals surface area (Å²) in [4.78, 5) is 21.1. The number of hydrogen-bond donors (Lipinski definition) is 3. The van der Waals surface area contributed by atoms with Crippen molar-refractivity contribution in [2.75, 3.05) is 5.32 Å². The molecule has 1 aromatic carbocycles. The number of allylic oxidation sites excluding steroid dienone is 1. The second-order valence-corrected chi connectivity index (χ2v) is 8.93. The van der Waals surface area contributed by atoms with Gasteiger partial charge in [0.2, 0.25) is 0 Å². The second kappa shape index (κ2) is 8.98. The first kappa shape index (κ1) is 22.6. The first-order valence-electron chi connectivity index (χ1n) is 11.9. The average Bonchev–Trinajstić information content (AvgIpc) is 3.61. The Bertz CT molecular complexity index is 1780. The van der Waals surface area contributed by atoms with Crippen molar-refractivity contribution in [3.63, 3.8) is 0 Å². The number of nitrogens with zero attached hydrogens (tertiary/aromatic N) is 6. The number of rotatable bonds is 7. The summed E-state index contributed by atoms with van der Waals surface area (Å²) in [7, 11) is 0. The van der Waals surface area contributed by atoms with Crippen molar-refractivity contribution < 1.29 is 4.39 Å². The molecule has 5 aromatic heterocycles. The van der Waals surface area contributed by atoms with Crippen LogP contribution in [0.25, 0.3) is 50.4 Å². The number of pyridine rings is 2. The third-order valence-electron chi connectivity index (χ3n) is 6.15. The van der Waals surface area contributed by atoms with Gasteiger partial charge in [-0.25, -0.2) is 19.3 Å². The molecule has 3 N–H and O–H groups in total. The van der Waals surface area contributed by atoms with Crippen molar-refractivity contribution in [3.05, 3.63) is 79.2 Å². The van der Waals surface area contributed by atoms with E-state index in [0.29, 0.717) is 28.1 Å². The van der Waals surface area contributed by atoms with Crippen LogP contribution < -0.4 is 5.32 Å². The molecule has 0 bridgehead atoms. The van der Waals surface area contributed by atoms with Gasteiger partial charge in [0, 0.05) is 35.2 Å². The predicted octanol–water partition coefficient (Wildman–Crippen LogP) is 5.92. The van der Waals surface area contributed by atoms with E-state index in [4.69, 9.17) is 0 Å². The van der Waals surface area contributed by atoms with Gasteiger partial charge in [-0.2, -0.15) is 5.10 Å². The van der Waals surface area contributed by atoms with Crippen molar-refractivity contribution >= 4 is 27.8 Å². The van der Waals surface area contributed by atoms with Crippen LogP contribution >= 0.6 is 0 Å². The van der Waals surface area contributed by atoms with E-state index in [2.05, 4.69) is 53.9 Å². The molecule has 10 heteroatoms. The molecule has 0 aliphatic rings. The topological polar surface area (TPSA) is 113 Å². The summed E-state index contributed by atoms with van der Waals surface area (Å²) in [6.45, 7) is 8.07. The van der Waals surface area contributed by atoms with Gasteiger partial charge in [-0.15, -0.1) is 0 Å². The number of benzene rings is 1. The minimum absolute atomic E-state index is 0.233. The lowest BCUT2D eigenvalue weighted by atomic mass is 10.0. The summed E-state index contributed by atoms with van der Waals surface area (Å²) in [6.07, 6.45) is 10.7. The van der Waals surface area contributed by atoms with Gasteiger partial charge in [0.05, 0.1) is 29.6 Å². The Morgan fingerprint density at radius 1 is 1.16 bits per heavy atom. The quantitative estimate of drug-likeness (QED) is 0.254. The number of H-pyrrole nitrogens is 2. The van der Waals surface area contributed by atoms with Crippen LogP contribution in [0.2, 0.25) is 0 Å². The SMILES string of the molecule is C=C(CCC)Nc1cncc(-c2cc(F)c3n[nH]c(-c4nc5nccc(-n6cnc(C)c6)c5[nH]4)c3c2)c1. The molecular formula is C27H24FN9. The molecule has 0 amide bonds. The molecule has 0 fully saturated rings. The van der Waals surface area contributed by atoms with Crippen LogP contribution in [0.15, 0.2) is 67.7 Å². The summed E-state index contributed by atoms with van der Waals surface area (Å²) in [6, 6.07) is 7.17. The molecule has 184 valence electrons. The molecule has 9 nitrogen and oxygen atoms in total. The molecule has 6 rings (SSSR count). The largest absolute Gasteiger partial charge is 0.358 e. The summed E-state index contributed by atoms with van der Waals surface area (Å²) >= 11 is 0. The van der Waals surface area contributed by atoms with Crippen LogP contribution in [-0.2, 0) is 0 Å². The van der Waals surface area contributed by atoms with E-state index in [1.54, 1.807) is 24.9 Å². The minimum atomic E-state index is -0.437. The fourth-order valence-electron chi connectivity index (χ4n) is 4.44. The van der Waals surface area contributed by atoms with Gasteiger partial charge in [0.25, 0.3) is 0 Å². The molecule has 0 aliphatic heterocycles. The number of anilines is 1. The van der Waals surface area contributed by atoms with Crippen LogP contribution in [0.5, 0.6) is 0 Å². The van der Waals surface area contributed by atoms with Crippen molar-refractivity contribution in [2.45, 2.75) is 26.7 Å². The van der Waals surface area contributed by atoms with Gasteiger partial charge in [-0.1, -0.05) is 19.9 Å². The Balaban J connectivity index is 1.43. The highest BCUT2D eigenvalue weighted by atomic mass is 19.1. The molecule has 0 saturated heterocycles. The first-order chi connectivity index (χ1) is 18.0. The smallest absolute Gasteiger partial charge is 0.180 e. The molecule has 0 spiro atoms. The zero-order valence-electron chi connectivity index (χ0n) is 20.4. The average molecular weight is 494 g/mol. The zero-order valence-corrected chi connectivity index (χ0v) is 20.4. The molecule has 0 unspecified atom stereocenters. The summed E-state index contributed by atoms with van der Waals surface area (Å²) in [5.41, 5.74) is 6.99. The third kappa shape index (κ3) is 4.12. The lowest BCUT2D eigenvalue weighted by Crippen LogP contribution is -1.98. The number of halogens is 1. The van der Waals surface area contributed by atoms with Gasteiger partial charge in [0.15, 0.2) is 17.3 Å². The van der Waals surface area contributed by atoms with Crippen molar-refractivity contribution in [1.82, 2.24) is 39.7 Å². The summed E-state index contributed by atoms with van der Waals surface area (Å²) in [5, 5.41) is 11.1. The molecule has 0 saturated carbocycles. The molecule has 0 atom stereocenters. The van der Waals surface area contributed by atoms with Gasteiger partial charge in [0.1, 0.15) is 16.7 Å². The number of nitrogens with one attached hydrogen (secondary N) is 3. The number of fused-ring (bicyclic) bond motifs is 2. The Morgan fingerprint density at radius 3 is 2.86 bits per heavy atom. The van der Waals surface area contributed by atoms with Crippen LogP contribution in [-0.4, -0.2) is 39.7 Å². The Kier molecular flexibility index (Phi) is 5.48. The van der Waals surface area contributed by atoms with E-state index in [1.165, 1.54) is 6.07 Å². The number of hydrogen-bond acceptors (Lipinski definition) is 6. The maximum absolute atomic E-state index is 15.2.